The van der Waals surface area contributed by atoms with Crippen LogP contribution in [0.2, 0.25) is 0 Å². The smallest absolute Gasteiger partial charge is 0.164 e. The topological polar surface area (TPSA) is 18.5 Å². The zero-order valence-corrected chi connectivity index (χ0v) is 8.55. The van der Waals surface area contributed by atoms with Gasteiger partial charge in [0.2, 0.25) is 0 Å². The van der Waals surface area contributed by atoms with Crippen molar-refractivity contribution >= 4 is 0 Å². The molecule has 0 saturated carbocycles. The summed E-state index contributed by atoms with van der Waals surface area (Å²) in [7, 11) is 0. The molecule has 2 nitrogen and oxygen atoms in total. The fourth-order valence-electron chi connectivity index (χ4n) is 1.08. The quantitative estimate of drug-likeness (QED) is 0.724. The lowest BCUT2D eigenvalue weighted by molar-refractivity contribution is 0.275. The third kappa shape index (κ3) is 2.91. The van der Waals surface area contributed by atoms with Crippen LogP contribution in [0.5, 0.6) is 11.5 Å². The standard InChI is InChI=1S/C11H15FO2/c1-3-7-14-11-8-9(12)5-6-10(11)13-4-2/h5-6,8H,3-4,7H2,1-2H3. The van der Waals surface area contributed by atoms with E-state index in [1.165, 1.54) is 12.1 Å². The maximum atomic E-state index is 12.9. The van der Waals surface area contributed by atoms with Crippen LogP contribution in [0.3, 0.4) is 0 Å². The van der Waals surface area contributed by atoms with E-state index in [-0.39, 0.29) is 5.82 Å². The number of hydrogen-bond acceptors (Lipinski definition) is 2. The summed E-state index contributed by atoms with van der Waals surface area (Å²) in [4.78, 5) is 0. The van der Waals surface area contributed by atoms with Crippen LogP contribution in [-0.2, 0) is 0 Å². The summed E-state index contributed by atoms with van der Waals surface area (Å²) in [5, 5.41) is 0. The van der Waals surface area contributed by atoms with Crippen LogP contribution in [0.1, 0.15) is 20.3 Å². The van der Waals surface area contributed by atoms with E-state index >= 15 is 0 Å². The van der Waals surface area contributed by atoms with Crippen molar-refractivity contribution in [3.8, 4) is 11.5 Å². The van der Waals surface area contributed by atoms with E-state index in [0.29, 0.717) is 24.7 Å². The molecule has 0 aliphatic heterocycles. The summed E-state index contributed by atoms with van der Waals surface area (Å²) in [5.41, 5.74) is 0. The van der Waals surface area contributed by atoms with Crippen molar-refractivity contribution in [1.82, 2.24) is 0 Å². The van der Waals surface area contributed by atoms with Crippen molar-refractivity contribution in [1.29, 1.82) is 0 Å². The molecule has 0 atom stereocenters. The number of rotatable bonds is 5. The second-order valence-corrected chi connectivity index (χ2v) is 2.87. The summed E-state index contributed by atoms with van der Waals surface area (Å²) in [6.07, 6.45) is 0.891. The van der Waals surface area contributed by atoms with Gasteiger partial charge in [-0.15, -0.1) is 0 Å². The molecule has 0 bridgehead atoms. The van der Waals surface area contributed by atoms with E-state index < -0.39 is 0 Å². The predicted molar refractivity (Wildman–Crippen MR) is 53.4 cm³/mol. The third-order valence-electron chi connectivity index (χ3n) is 1.67. The maximum Gasteiger partial charge on any atom is 0.164 e. The minimum Gasteiger partial charge on any atom is -0.490 e. The molecule has 0 aromatic heterocycles. The van der Waals surface area contributed by atoms with Crippen molar-refractivity contribution in [3.05, 3.63) is 24.0 Å². The highest BCUT2D eigenvalue weighted by atomic mass is 19.1. The number of halogens is 1. The molecular formula is C11H15FO2. The number of hydrogen-bond donors (Lipinski definition) is 0. The number of benzene rings is 1. The highest BCUT2D eigenvalue weighted by molar-refractivity contribution is 5.40. The summed E-state index contributed by atoms with van der Waals surface area (Å²) in [5.74, 6) is 0.774. The van der Waals surface area contributed by atoms with E-state index in [1.807, 2.05) is 13.8 Å². The van der Waals surface area contributed by atoms with Crippen molar-refractivity contribution in [2.75, 3.05) is 13.2 Å². The Bertz CT molecular complexity index is 287. The van der Waals surface area contributed by atoms with Crippen molar-refractivity contribution in [2.45, 2.75) is 20.3 Å². The summed E-state index contributed by atoms with van der Waals surface area (Å²) in [6, 6.07) is 4.30. The molecule has 0 aliphatic rings. The first-order valence-corrected chi connectivity index (χ1v) is 4.83. The van der Waals surface area contributed by atoms with Gasteiger partial charge in [0, 0.05) is 6.07 Å². The van der Waals surface area contributed by atoms with Gasteiger partial charge in [-0.05, 0) is 25.5 Å². The molecule has 0 spiro atoms. The first-order valence-electron chi connectivity index (χ1n) is 4.83. The van der Waals surface area contributed by atoms with Crippen LogP contribution in [0, 0.1) is 5.82 Å². The highest BCUT2D eigenvalue weighted by Crippen LogP contribution is 2.27. The van der Waals surface area contributed by atoms with Gasteiger partial charge >= 0.3 is 0 Å². The molecule has 14 heavy (non-hydrogen) atoms. The Balaban J connectivity index is 2.79. The first-order chi connectivity index (χ1) is 6.77. The largest absolute Gasteiger partial charge is 0.490 e. The van der Waals surface area contributed by atoms with Gasteiger partial charge in [-0.1, -0.05) is 6.92 Å². The van der Waals surface area contributed by atoms with Crippen LogP contribution in [0.15, 0.2) is 18.2 Å². The Morgan fingerprint density at radius 2 is 1.93 bits per heavy atom. The van der Waals surface area contributed by atoms with Crippen LogP contribution in [-0.4, -0.2) is 13.2 Å². The molecule has 0 unspecified atom stereocenters. The van der Waals surface area contributed by atoms with Crippen LogP contribution >= 0.6 is 0 Å². The van der Waals surface area contributed by atoms with Crippen LogP contribution in [0.25, 0.3) is 0 Å². The Morgan fingerprint density at radius 3 is 2.57 bits per heavy atom. The second-order valence-electron chi connectivity index (χ2n) is 2.87. The van der Waals surface area contributed by atoms with E-state index in [0.717, 1.165) is 6.42 Å². The van der Waals surface area contributed by atoms with Crippen molar-refractivity contribution in [2.24, 2.45) is 0 Å². The average Bonchev–Trinajstić information content (AvgIpc) is 2.18. The van der Waals surface area contributed by atoms with Crippen LogP contribution in [0.4, 0.5) is 4.39 Å². The Labute approximate surface area is 83.6 Å². The SMILES string of the molecule is CCCOc1cc(F)ccc1OCC. The van der Waals surface area contributed by atoms with E-state index in [4.69, 9.17) is 9.47 Å². The van der Waals surface area contributed by atoms with Gasteiger partial charge in [0.05, 0.1) is 13.2 Å². The molecule has 0 fully saturated rings. The molecular weight excluding hydrogens is 183 g/mol. The highest BCUT2D eigenvalue weighted by Gasteiger charge is 2.05. The predicted octanol–water partition coefficient (Wildman–Crippen LogP) is 3.01. The van der Waals surface area contributed by atoms with Gasteiger partial charge in [0.1, 0.15) is 5.82 Å². The lowest BCUT2D eigenvalue weighted by Gasteiger charge is -2.10. The molecule has 1 aromatic carbocycles. The minimum atomic E-state index is -0.306. The molecule has 0 aliphatic carbocycles. The van der Waals surface area contributed by atoms with Gasteiger partial charge in [-0.3, -0.25) is 0 Å². The summed E-state index contributed by atoms with van der Waals surface area (Å²) in [6.45, 7) is 5.00. The van der Waals surface area contributed by atoms with Gasteiger partial charge in [0.15, 0.2) is 11.5 Å². The minimum absolute atomic E-state index is 0.306. The Kier molecular flexibility index (Phi) is 4.23. The molecule has 1 rings (SSSR count). The molecule has 0 saturated heterocycles. The summed E-state index contributed by atoms with van der Waals surface area (Å²) < 4.78 is 23.5. The molecule has 1 aromatic rings. The van der Waals surface area contributed by atoms with E-state index in [9.17, 15) is 4.39 Å². The van der Waals surface area contributed by atoms with Gasteiger partial charge < -0.3 is 9.47 Å². The summed E-state index contributed by atoms with van der Waals surface area (Å²) >= 11 is 0. The van der Waals surface area contributed by atoms with Gasteiger partial charge in [-0.2, -0.15) is 0 Å². The van der Waals surface area contributed by atoms with Crippen molar-refractivity contribution in [3.63, 3.8) is 0 Å². The number of ether oxygens (including phenoxy) is 2. The lowest BCUT2D eigenvalue weighted by atomic mass is 10.3. The van der Waals surface area contributed by atoms with E-state index in [2.05, 4.69) is 0 Å². The molecule has 0 radical (unpaired) electrons. The molecule has 0 N–H and O–H groups in total. The van der Waals surface area contributed by atoms with Gasteiger partial charge in [-0.25, -0.2) is 4.39 Å². The lowest BCUT2D eigenvalue weighted by Crippen LogP contribution is -2.00. The Hall–Kier alpha value is -1.25. The molecule has 3 heteroatoms. The Morgan fingerprint density at radius 1 is 1.14 bits per heavy atom. The first kappa shape index (κ1) is 10.8. The maximum absolute atomic E-state index is 12.9. The molecule has 0 heterocycles. The molecule has 0 amide bonds. The normalized spacial score (nSPS) is 9.93. The average molecular weight is 198 g/mol. The fraction of sp³-hybridized carbons (Fsp3) is 0.455. The van der Waals surface area contributed by atoms with Gasteiger partial charge in [0.25, 0.3) is 0 Å². The third-order valence-corrected chi connectivity index (χ3v) is 1.67. The second kappa shape index (κ2) is 5.47. The molecule has 78 valence electrons. The monoisotopic (exact) mass is 198 g/mol. The van der Waals surface area contributed by atoms with Crippen molar-refractivity contribution < 1.29 is 13.9 Å². The van der Waals surface area contributed by atoms with Crippen LogP contribution < -0.4 is 9.47 Å². The zero-order valence-electron chi connectivity index (χ0n) is 8.55. The zero-order chi connectivity index (χ0) is 10.4. The fourth-order valence-corrected chi connectivity index (χ4v) is 1.08. The van der Waals surface area contributed by atoms with E-state index in [1.54, 1.807) is 6.07 Å².